The van der Waals surface area contributed by atoms with Gasteiger partial charge in [-0.3, -0.25) is 4.68 Å². The molecule has 0 saturated heterocycles. The summed E-state index contributed by atoms with van der Waals surface area (Å²) in [6.07, 6.45) is 1.72. The maximum Gasteiger partial charge on any atom is 0.159 e. The highest BCUT2D eigenvalue weighted by molar-refractivity contribution is 9.10. The van der Waals surface area contributed by atoms with Crippen molar-refractivity contribution >= 4 is 37.7 Å². The van der Waals surface area contributed by atoms with E-state index in [1.54, 1.807) is 23.0 Å². The van der Waals surface area contributed by atoms with Crippen LogP contribution in [0.4, 0.5) is 10.2 Å². The van der Waals surface area contributed by atoms with E-state index in [0.717, 1.165) is 4.47 Å². The van der Waals surface area contributed by atoms with Crippen LogP contribution in [-0.4, -0.2) is 9.78 Å². The van der Waals surface area contributed by atoms with Crippen LogP contribution in [0, 0.1) is 5.82 Å². The van der Waals surface area contributed by atoms with Crippen LogP contribution >= 0.6 is 31.9 Å². The highest BCUT2D eigenvalue weighted by Gasteiger charge is 2.07. The fraction of sp³-hybridized carbons (Fsp3) is 0.100. The van der Waals surface area contributed by atoms with Gasteiger partial charge >= 0.3 is 0 Å². The minimum Gasteiger partial charge on any atom is -0.381 e. The third kappa shape index (κ3) is 2.44. The zero-order valence-electron chi connectivity index (χ0n) is 8.12. The number of benzene rings is 1. The van der Waals surface area contributed by atoms with Gasteiger partial charge in [0.05, 0.1) is 11.0 Å². The molecular formula is C10H8Br2FN3. The van der Waals surface area contributed by atoms with E-state index in [1.807, 2.05) is 0 Å². The summed E-state index contributed by atoms with van der Waals surface area (Å²) in [5, 5.41) is 4.04. The molecule has 0 bridgehead atoms. The highest BCUT2D eigenvalue weighted by Crippen LogP contribution is 2.20. The third-order valence-electron chi connectivity index (χ3n) is 2.08. The topological polar surface area (TPSA) is 43.8 Å². The van der Waals surface area contributed by atoms with Crippen molar-refractivity contribution in [3.05, 3.63) is 44.7 Å². The van der Waals surface area contributed by atoms with E-state index in [-0.39, 0.29) is 5.82 Å². The molecule has 0 radical (unpaired) electrons. The van der Waals surface area contributed by atoms with Gasteiger partial charge in [-0.1, -0.05) is 15.9 Å². The Morgan fingerprint density at radius 3 is 2.75 bits per heavy atom. The Balaban J connectivity index is 2.29. The molecule has 0 aliphatic heterocycles. The zero-order valence-corrected chi connectivity index (χ0v) is 11.3. The van der Waals surface area contributed by atoms with Crippen molar-refractivity contribution in [1.82, 2.24) is 9.78 Å². The van der Waals surface area contributed by atoms with E-state index < -0.39 is 0 Å². The van der Waals surface area contributed by atoms with Crippen LogP contribution in [0.15, 0.2) is 33.3 Å². The summed E-state index contributed by atoms with van der Waals surface area (Å²) in [5.74, 6) is 0.142. The standard InChI is InChI=1S/C10H8Br2FN3/c11-7-1-2-9(13)6(3-7)4-16-5-8(12)10(14)15-16/h1-3,5H,4H2,(H2,14,15). The minimum atomic E-state index is -0.256. The number of rotatable bonds is 2. The fourth-order valence-electron chi connectivity index (χ4n) is 1.33. The maximum atomic E-state index is 13.5. The van der Waals surface area contributed by atoms with E-state index in [2.05, 4.69) is 37.0 Å². The van der Waals surface area contributed by atoms with E-state index >= 15 is 0 Å². The van der Waals surface area contributed by atoms with E-state index in [1.165, 1.54) is 6.07 Å². The number of anilines is 1. The second-order valence-corrected chi connectivity index (χ2v) is 5.07. The first-order chi connectivity index (χ1) is 7.56. The van der Waals surface area contributed by atoms with E-state index in [0.29, 0.717) is 22.4 Å². The molecule has 0 aliphatic rings. The molecule has 3 nitrogen and oxygen atoms in total. The molecule has 0 spiro atoms. The van der Waals surface area contributed by atoms with Crippen molar-refractivity contribution in [3.8, 4) is 0 Å². The Labute approximate surface area is 109 Å². The van der Waals surface area contributed by atoms with Gasteiger partial charge in [0.25, 0.3) is 0 Å². The Kier molecular flexibility index (Phi) is 3.30. The van der Waals surface area contributed by atoms with Crippen molar-refractivity contribution in [2.45, 2.75) is 6.54 Å². The average molecular weight is 349 g/mol. The third-order valence-corrected chi connectivity index (χ3v) is 3.19. The summed E-state index contributed by atoms with van der Waals surface area (Å²) in [6, 6.07) is 4.80. The first-order valence-electron chi connectivity index (χ1n) is 4.48. The molecule has 0 aliphatic carbocycles. The molecule has 1 heterocycles. The first-order valence-corrected chi connectivity index (χ1v) is 6.07. The molecule has 2 N–H and O–H groups in total. The van der Waals surface area contributed by atoms with Crippen LogP contribution < -0.4 is 5.73 Å². The Bertz CT molecular complexity index is 505. The van der Waals surface area contributed by atoms with Crippen LogP contribution in [0.3, 0.4) is 0 Å². The Morgan fingerprint density at radius 2 is 2.12 bits per heavy atom. The van der Waals surface area contributed by atoms with Gasteiger partial charge in [0.15, 0.2) is 5.82 Å². The minimum absolute atomic E-state index is 0.256. The summed E-state index contributed by atoms with van der Waals surface area (Å²) >= 11 is 6.55. The van der Waals surface area contributed by atoms with Gasteiger partial charge in [-0.2, -0.15) is 5.10 Å². The van der Waals surface area contributed by atoms with Gasteiger partial charge in [0.2, 0.25) is 0 Å². The lowest BCUT2D eigenvalue weighted by molar-refractivity contribution is 0.585. The average Bonchev–Trinajstić information content (AvgIpc) is 2.52. The molecule has 0 unspecified atom stereocenters. The molecule has 0 fully saturated rings. The lowest BCUT2D eigenvalue weighted by Crippen LogP contribution is -2.03. The molecule has 6 heteroatoms. The normalized spacial score (nSPS) is 10.7. The first kappa shape index (κ1) is 11.6. The molecule has 1 aromatic carbocycles. The number of nitrogens with two attached hydrogens (primary N) is 1. The number of nitrogens with zero attached hydrogens (tertiary/aromatic N) is 2. The van der Waals surface area contributed by atoms with E-state index in [4.69, 9.17) is 5.73 Å². The quantitative estimate of drug-likeness (QED) is 0.905. The zero-order chi connectivity index (χ0) is 11.7. The lowest BCUT2D eigenvalue weighted by Gasteiger charge is -2.03. The van der Waals surface area contributed by atoms with Crippen LogP contribution in [0.25, 0.3) is 0 Å². The monoisotopic (exact) mass is 347 g/mol. The van der Waals surface area contributed by atoms with Gasteiger partial charge in [-0.25, -0.2) is 4.39 Å². The number of hydrogen-bond donors (Lipinski definition) is 1. The van der Waals surface area contributed by atoms with Crippen molar-refractivity contribution < 1.29 is 4.39 Å². The van der Waals surface area contributed by atoms with Gasteiger partial charge < -0.3 is 5.73 Å². The number of aromatic nitrogens is 2. The van der Waals surface area contributed by atoms with Crippen molar-refractivity contribution in [2.75, 3.05) is 5.73 Å². The van der Waals surface area contributed by atoms with Gasteiger partial charge in [0, 0.05) is 16.2 Å². The van der Waals surface area contributed by atoms with Crippen LogP contribution in [-0.2, 0) is 6.54 Å². The highest BCUT2D eigenvalue weighted by atomic mass is 79.9. The second kappa shape index (κ2) is 4.55. The van der Waals surface area contributed by atoms with Gasteiger partial charge in [-0.05, 0) is 34.1 Å². The molecule has 2 aromatic rings. The predicted octanol–water partition coefficient (Wildman–Crippen LogP) is 3.18. The summed E-state index contributed by atoms with van der Waals surface area (Å²) < 4.78 is 16.6. The predicted molar refractivity (Wildman–Crippen MR) is 67.5 cm³/mol. The molecule has 0 amide bonds. The van der Waals surface area contributed by atoms with Crippen molar-refractivity contribution in [3.63, 3.8) is 0 Å². The molecule has 2 rings (SSSR count). The number of hydrogen-bond acceptors (Lipinski definition) is 2. The summed E-state index contributed by atoms with van der Waals surface area (Å²) in [4.78, 5) is 0. The van der Waals surface area contributed by atoms with Gasteiger partial charge in [0.1, 0.15) is 5.82 Å². The number of nitrogen functional groups attached to an aromatic ring is 1. The van der Waals surface area contributed by atoms with Crippen LogP contribution in [0.2, 0.25) is 0 Å². The molecular weight excluding hydrogens is 341 g/mol. The molecule has 0 atom stereocenters. The van der Waals surface area contributed by atoms with E-state index in [9.17, 15) is 4.39 Å². The van der Waals surface area contributed by atoms with Crippen molar-refractivity contribution in [2.24, 2.45) is 0 Å². The Morgan fingerprint density at radius 1 is 1.38 bits per heavy atom. The largest absolute Gasteiger partial charge is 0.381 e. The summed E-state index contributed by atoms with van der Waals surface area (Å²) in [5.41, 5.74) is 6.14. The maximum absolute atomic E-state index is 13.5. The molecule has 0 saturated carbocycles. The molecule has 84 valence electrons. The molecule has 16 heavy (non-hydrogen) atoms. The van der Waals surface area contributed by atoms with Crippen molar-refractivity contribution in [1.29, 1.82) is 0 Å². The van der Waals surface area contributed by atoms with Crippen LogP contribution in [0.5, 0.6) is 0 Å². The smallest absolute Gasteiger partial charge is 0.159 e. The fourth-order valence-corrected chi connectivity index (χ4v) is 2.06. The SMILES string of the molecule is Nc1nn(Cc2cc(Br)ccc2F)cc1Br. The lowest BCUT2D eigenvalue weighted by atomic mass is 10.2. The van der Waals surface area contributed by atoms with Crippen LogP contribution in [0.1, 0.15) is 5.56 Å². The van der Waals surface area contributed by atoms with Gasteiger partial charge in [-0.15, -0.1) is 0 Å². The summed E-state index contributed by atoms with van der Waals surface area (Å²) in [6.45, 7) is 0.348. The summed E-state index contributed by atoms with van der Waals surface area (Å²) in [7, 11) is 0. The number of halogens is 3. The Hall–Kier alpha value is -0.880. The second-order valence-electron chi connectivity index (χ2n) is 3.30. The molecule has 1 aromatic heterocycles.